The number of rotatable bonds is 6. The number of thiazole rings is 1. The number of hydrogen-bond donors (Lipinski definition) is 1. The van der Waals surface area contributed by atoms with Crippen molar-refractivity contribution in [3.05, 3.63) is 76.3 Å². The minimum Gasteiger partial charge on any atom is -0.301 e. The summed E-state index contributed by atoms with van der Waals surface area (Å²) >= 11 is 1.36. The van der Waals surface area contributed by atoms with Gasteiger partial charge in [0.25, 0.3) is 0 Å². The third kappa shape index (κ3) is 4.56. The summed E-state index contributed by atoms with van der Waals surface area (Å²) in [6.45, 7) is 4.56. The van der Waals surface area contributed by atoms with E-state index in [1.165, 1.54) is 15.6 Å². The Hall–Kier alpha value is -2.55. The topological polar surface area (TPSA) is 79.4 Å². The summed E-state index contributed by atoms with van der Waals surface area (Å²) in [6.07, 6.45) is 1.21. The van der Waals surface area contributed by atoms with Crippen molar-refractivity contribution in [3.8, 4) is 0 Å². The Morgan fingerprint density at radius 3 is 2.55 bits per heavy atom. The molecule has 1 atom stereocenters. The molecule has 0 bridgehead atoms. The molecule has 0 radical (unpaired) electrons. The van der Waals surface area contributed by atoms with Crippen molar-refractivity contribution in [2.45, 2.75) is 44.0 Å². The highest BCUT2D eigenvalue weighted by atomic mass is 32.2. The Morgan fingerprint density at radius 1 is 1.16 bits per heavy atom. The lowest BCUT2D eigenvalue weighted by Crippen LogP contribution is -2.35. The number of sulfonamides is 1. The summed E-state index contributed by atoms with van der Waals surface area (Å²) in [5.74, 6) is -0.343. The molecule has 1 aliphatic heterocycles. The number of carbonyl (C=O) groups excluding carboxylic acids is 1. The first kappa shape index (κ1) is 21.7. The molecule has 0 aliphatic carbocycles. The van der Waals surface area contributed by atoms with E-state index in [9.17, 15) is 13.2 Å². The second-order valence-corrected chi connectivity index (χ2v) is 10.7. The SMILES string of the molecule is CC[C@H](C(=O)Nc1nc2c(s1)CN(S(=O)(=O)c1ccc(C)cc1)CC2)c1ccccc1. The van der Waals surface area contributed by atoms with Crippen LogP contribution >= 0.6 is 11.3 Å². The summed E-state index contributed by atoms with van der Waals surface area (Å²) in [5.41, 5.74) is 2.85. The van der Waals surface area contributed by atoms with E-state index in [-0.39, 0.29) is 18.4 Å². The highest BCUT2D eigenvalue weighted by molar-refractivity contribution is 7.89. The lowest BCUT2D eigenvalue weighted by molar-refractivity contribution is -0.117. The van der Waals surface area contributed by atoms with Gasteiger partial charge in [0.15, 0.2) is 5.13 Å². The van der Waals surface area contributed by atoms with Crippen LogP contribution in [0.1, 0.15) is 41.0 Å². The largest absolute Gasteiger partial charge is 0.301 e. The number of carbonyl (C=O) groups is 1. The summed E-state index contributed by atoms with van der Waals surface area (Å²) in [7, 11) is -3.56. The van der Waals surface area contributed by atoms with E-state index in [2.05, 4.69) is 10.3 Å². The van der Waals surface area contributed by atoms with Crippen molar-refractivity contribution in [1.82, 2.24) is 9.29 Å². The molecule has 8 heteroatoms. The number of hydrogen-bond acceptors (Lipinski definition) is 5. The summed E-state index contributed by atoms with van der Waals surface area (Å²) < 4.78 is 27.5. The molecule has 162 valence electrons. The molecule has 3 aromatic rings. The van der Waals surface area contributed by atoms with E-state index in [0.29, 0.717) is 29.4 Å². The van der Waals surface area contributed by atoms with Gasteiger partial charge in [0.2, 0.25) is 15.9 Å². The molecule has 31 heavy (non-hydrogen) atoms. The van der Waals surface area contributed by atoms with Gasteiger partial charge < -0.3 is 5.32 Å². The van der Waals surface area contributed by atoms with Crippen LogP contribution in [-0.4, -0.2) is 30.2 Å². The van der Waals surface area contributed by atoms with Gasteiger partial charge in [-0.3, -0.25) is 4.79 Å². The van der Waals surface area contributed by atoms with E-state index in [1.54, 1.807) is 24.3 Å². The number of fused-ring (bicyclic) bond motifs is 1. The average molecular weight is 456 g/mol. The fourth-order valence-electron chi connectivity index (χ4n) is 3.74. The highest BCUT2D eigenvalue weighted by Gasteiger charge is 2.31. The first-order chi connectivity index (χ1) is 14.9. The fraction of sp³-hybridized carbons (Fsp3) is 0.304. The molecule has 1 aromatic heterocycles. The van der Waals surface area contributed by atoms with Crippen molar-refractivity contribution in [1.29, 1.82) is 0 Å². The monoisotopic (exact) mass is 455 g/mol. The van der Waals surface area contributed by atoms with Crippen molar-refractivity contribution >= 4 is 32.4 Å². The van der Waals surface area contributed by atoms with E-state index in [1.807, 2.05) is 44.2 Å². The molecule has 0 saturated carbocycles. The summed E-state index contributed by atoms with van der Waals surface area (Å²) in [5, 5.41) is 3.47. The molecule has 6 nitrogen and oxygen atoms in total. The molecule has 1 amide bonds. The Labute approximate surface area is 187 Å². The van der Waals surface area contributed by atoms with Gasteiger partial charge in [0, 0.05) is 17.8 Å². The highest BCUT2D eigenvalue weighted by Crippen LogP contribution is 2.32. The van der Waals surface area contributed by atoms with Gasteiger partial charge in [-0.1, -0.05) is 55.0 Å². The Kier molecular flexibility index (Phi) is 6.22. The molecule has 0 unspecified atom stereocenters. The Morgan fingerprint density at radius 2 is 1.87 bits per heavy atom. The summed E-state index contributed by atoms with van der Waals surface area (Å²) in [6, 6.07) is 16.6. The van der Waals surface area contributed by atoms with E-state index < -0.39 is 10.0 Å². The Balaban J connectivity index is 1.49. The van der Waals surface area contributed by atoms with Crippen LogP contribution in [0.3, 0.4) is 0 Å². The standard InChI is InChI=1S/C23H25N3O3S2/c1-3-19(17-7-5-4-6-8-17)22(27)25-23-24-20-13-14-26(15-21(20)30-23)31(28,29)18-11-9-16(2)10-12-18/h4-12,19H,3,13-15H2,1-2H3,(H,24,25,27)/t19-/m0/s1. The zero-order chi connectivity index (χ0) is 22.0. The summed E-state index contributed by atoms with van der Waals surface area (Å²) in [4.78, 5) is 18.6. The number of benzene rings is 2. The van der Waals surface area contributed by atoms with E-state index in [0.717, 1.165) is 21.7 Å². The fourth-order valence-corrected chi connectivity index (χ4v) is 6.26. The molecule has 1 N–H and O–H groups in total. The zero-order valence-corrected chi connectivity index (χ0v) is 19.2. The molecule has 1 aliphatic rings. The molecular formula is C23H25N3O3S2. The van der Waals surface area contributed by atoms with Gasteiger partial charge in [-0.25, -0.2) is 13.4 Å². The smallest absolute Gasteiger partial charge is 0.243 e. The van der Waals surface area contributed by atoms with Crippen LogP contribution in [-0.2, 0) is 27.8 Å². The van der Waals surface area contributed by atoms with Crippen molar-refractivity contribution < 1.29 is 13.2 Å². The lowest BCUT2D eigenvalue weighted by Gasteiger charge is -2.25. The van der Waals surface area contributed by atoms with Crippen molar-refractivity contribution in [2.75, 3.05) is 11.9 Å². The molecule has 0 spiro atoms. The van der Waals surface area contributed by atoms with Crippen molar-refractivity contribution in [3.63, 3.8) is 0 Å². The molecule has 0 fully saturated rings. The lowest BCUT2D eigenvalue weighted by atomic mass is 9.96. The van der Waals surface area contributed by atoms with Crippen LogP contribution < -0.4 is 5.32 Å². The zero-order valence-electron chi connectivity index (χ0n) is 17.5. The Bertz CT molecular complexity index is 1170. The van der Waals surface area contributed by atoms with Crippen LogP contribution in [0.4, 0.5) is 5.13 Å². The first-order valence-corrected chi connectivity index (χ1v) is 12.6. The molecule has 4 rings (SSSR count). The third-order valence-electron chi connectivity index (χ3n) is 5.51. The second kappa shape index (κ2) is 8.90. The number of anilines is 1. The average Bonchev–Trinajstić information content (AvgIpc) is 3.16. The van der Waals surface area contributed by atoms with Crippen LogP contribution in [0, 0.1) is 6.92 Å². The van der Waals surface area contributed by atoms with Crippen LogP contribution in [0.5, 0.6) is 0 Å². The normalized spacial score (nSPS) is 15.3. The number of amides is 1. The van der Waals surface area contributed by atoms with Gasteiger partial charge in [-0.15, -0.1) is 11.3 Å². The van der Waals surface area contributed by atoms with Gasteiger partial charge in [0.05, 0.1) is 23.1 Å². The minimum absolute atomic E-state index is 0.0936. The maximum atomic E-state index is 13.0. The van der Waals surface area contributed by atoms with Gasteiger partial charge in [0.1, 0.15) is 0 Å². The third-order valence-corrected chi connectivity index (χ3v) is 8.37. The molecule has 0 saturated heterocycles. The van der Waals surface area contributed by atoms with E-state index >= 15 is 0 Å². The van der Waals surface area contributed by atoms with E-state index in [4.69, 9.17) is 0 Å². The predicted octanol–water partition coefficient (Wildman–Crippen LogP) is 4.33. The number of aryl methyl sites for hydroxylation is 1. The van der Waals surface area contributed by atoms with Gasteiger partial charge in [-0.2, -0.15) is 4.31 Å². The number of nitrogens with zero attached hydrogens (tertiary/aromatic N) is 2. The van der Waals surface area contributed by atoms with Crippen molar-refractivity contribution in [2.24, 2.45) is 0 Å². The number of aromatic nitrogens is 1. The second-order valence-electron chi connectivity index (χ2n) is 7.65. The van der Waals surface area contributed by atoms with Gasteiger partial charge >= 0.3 is 0 Å². The maximum Gasteiger partial charge on any atom is 0.243 e. The maximum absolute atomic E-state index is 13.0. The van der Waals surface area contributed by atoms with Crippen LogP contribution in [0.25, 0.3) is 0 Å². The number of nitrogens with one attached hydrogen (secondary N) is 1. The minimum atomic E-state index is -3.56. The quantitative estimate of drug-likeness (QED) is 0.600. The van der Waals surface area contributed by atoms with Crippen LogP contribution in [0.15, 0.2) is 59.5 Å². The molecule has 2 heterocycles. The first-order valence-electron chi connectivity index (χ1n) is 10.3. The molecule has 2 aromatic carbocycles. The van der Waals surface area contributed by atoms with Gasteiger partial charge in [-0.05, 0) is 31.0 Å². The molecular weight excluding hydrogens is 430 g/mol. The predicted molar refractivity (Wildman–Crippen MR) is 123 cm³/mol. The van der Waals surface area contributed by atoms with Crippen LogP contribution in [0.2, 0.25) is 0 Å².